The molecule has 33 heavy (non-hydrogen) atoms. The fraction of sp³-hybridized carbons (Fsp3) is 0.261. The van der Waals surface area contributed by atoms with Crippen LogP contribution < -0.4 is 14.4 Å². The summed E-state index contributed by atoms with van der Waals surface area (Å²) in [7, 11) is 1.79. The number of aryl methyl sites for hydroxylation is 1. The lowest BCUT2D eigenvalue weighted by molar-refractivity contribution is 0.394. The lowest BCUT2D eigenvalue weighted by Crippen LogP contribution is -2.21. The Kier molecular flexibility index (Phi) is 6.35. The van der Waals surface area contributed by atoms with Gasteiger partial charge in [0.2, 0.25) is 0 Å². The molecule has 0 radical (unpaired) electrons. The van der Waals surface area contributed by atoms with Crippen molar-refractivity contribution in [2.24, 2.45) is 7.05 Å². The van der Waals surface area contributed by atoms with Gasteiger partial charge < -0.3 is 19.3 Å². The number of rotatable bonds is 8. The van der Waals surface area contributed by atoms with Gasteiger partial charge in [-0.1, -0.05) is 0 Å². The van der Waals surface area contributed by atoms with E-state index in [-0.39, 0.29) is 6.16 Å². The Morgan fingerprint density at radius 2 is 1.76 bits per heavy atom. The third-order valence-corrected chi connectivity index (χ3v) is 6.25. The number of aromatic nitrogens is 4. The highest BCUT2D eigenvalue weighted by molar-refractivity contribution is 7.57. The summed E-state index contributed by atoms with van der Waals surface area (Å²) in [6, 6.07) is 11.2. The van der Waals surface area contributed by atoms with Gasteiger partial charge in [-0.3, -0.25) is 14.2 Å². The number of nitrogens with zero attached hydrogens (tertiary/aromatic N) is 5. The molecule has 0 fully saturated rings. The molecule has 10 heteroatoms. The molecule has 0 amide bonds. The summed E-state index contributed by atoms with van der Waals surface area (Å²) in [5.74, 6) is 1.25. The Morgan fingerprint density at radius 3 is 2.36 bits per heavy atom. The van der Waals surface area contributed by atoms with Gasteiger partial charge in [0.1, 0.15) is 11.5 Å². The third kappa shape index (κ3) is 5.32. The maximum Gasteiger partial charge on any atom is 0.199 e. The molecule has 2 heterocycles. The van der Waals surface area contributed by atoms with E-state index in [1.807, 2.05) is 48.5 Å². The van der Waals surface area contributed by atoms with E-state index in [9.17, 15) is 9.46 Å². The number of anilines is 2. The van der Waals surface area contributed by atoms with Gasteiger partial charge in [-0.05, 0) is 18.2 Å². The van der Waals surface area contributed by atoms with E-state index in [0.717, 1.165) is 28.1 Å². The van der Waals surface area contributed by atoms with Crippen LogP contribution in [0.2, 0.25) is 0 Å². The molecular formula is C23H26N5O4P. The van der Waals surface area contributed by atoms with Crippen LogP contribution in [0, 0.1) is 0 Å². The Labute approximate surface area is 192 Å². The minimum Gasteiger partial charge on any atom is -0.497 e. The largest absolute Gasteiger partial charge is 0.497 e. The number of ether oxygens (including phenoxy) is 2. The molecule has 0 saturated heterocycles. The summed E-state index contributed by atoms with van der Waals surface area (Å²) < 4.78 is 24.7. The molecule has 0 aliphatic carbocycles. The van der Waals surface area contributed by atoms with E-state index in [0.29, 0.717) is 23.6 Å². The fourth-order valence-corrected chi connectivity index (χ4v) is 4.07. The lowest BCUT2D eigenvalue weighted by atomic mass is 10.2. The van der Waals surface area contributed by atoms with Crippen molar-refractivity contribution in [3.05, 3.63) is 55.0 Å². The summed E-state index contributed by atoms with van der Waals surface area (Å²) in [4.78, 5) is 21.2. The first-order valence-corrected chi connectivity index (χ1v) is 12.6. The van der Waals surface area contributed by atoms with Crippen LogP contribution >= 0.6 is 7.37 Å². The van der Waals surface area contributed by atoms with Crippen LogP contribution in [0.1, 0.15) is 0 Å². The highest BCUT2D eigenvalue weighted by Crippen LogP contribution is 2.38. The topological polar surface area (TPSA) is 103 Å². The second kappa shape index (κ2) is 9.21. The number of fused-ring (bicyclic) bond motifs is 1. The van der Waals surface area contributed by atoms with E-state index >= 15 is 0 Å². The van der Waals surface area contributed by atoms with Crippen molar-refractivity contribution in [2.45, 2.75) is 0 Å². The molecule has 4 aromatic rings. The Morgan fingerprint density at radius 1 is 1.03 bits per heavy atom. The molecule has 0 spiro atoms. The molecule has 0 aliphatic heterocycles. The highest BCUT2D eigenvalue weighted by Gasteiger charge is 2.18. The zero-order valence-corrected chi connectivity index (χ0v) is 19.9. The van der Waals surface area contributed by atoms with Crippen molar-refractivity contribution in [2.75, 3.05) is 38.5 Å². The molecule has 1 N–H and O–H groups in total. The number of hydrogen-bond acceptors (Lipinski definition) is 7. The first-order valence-electron chi connectivity index (χ1n) is 10.3. The van der Waals surface area contributed by atoms with E-state index < -0.39 is 7.37 Å². The summed E-state index contributed by atoms with van der Waals surface area (Å²) in [6.07, 6.45) is 5.47. The van der Waals surface area contributed by atoms with Crippen LogP contribution in [0.4, 0.5) is 11.4 Å². The molecule has 0 saturated carbocycles. The maximum atomic E-state index is 12.1. The fourth-order valence-electron chi connectivity index (χ4n) is 3.50. The Balaban J connectivity index is 1.80. The normalized spacial score (nSPS) is 13.0. The van der Waals surface area contributed by atoms with Gasteiger partial charge in [0.05, 0.1) is 43.3 Å². The van der Waals surface area contributed by atoms with Gasteiger partial charge >= 0.3 is 0 Å². The van der Waals surface area contributed by atoms with Crippen LogP contribution in [0.15, 0.2) is 55.0 Å². The second-order valence-electron chi connectivity index (χ2n) is 7.83. The van der Waals surface area contributed by atoms with Gasteiger partial charge in [0, 0.05) is 67.8 Å². The van der Waals surface area contributed by atoms with E-state index in [2.05, 4.69) is 10.1 Å². The summed E-state index contributed by atoms with van der Waals surface area (Å²) in [6.45, 7) is 1.69. The minimum atomic E-state index is -3.23. The molecule has 0 aliphatic rings. The van der Waals surface area contributed by atoms with E-state index in [4.69, 9.17) is 14.5 Å². The standard InChI is InChI=1S/C23H26N5O4P/c1-27-15-16(13-25-27)23-14-24-21-6-5-17(11-22(21)26-23)28(7-8-33(4,29)30)18-9-19(31-2)12-20(10-18)32-3/h5-6,9-15H,7-8H2,1-4H3,(H,29,30). The monoisotopic (exact) mass is 467 g/mol. The van der Waals surface area contributed by atoms with Gasteiger partial charge in [-0.2, -0.15) is 5.10 Å². The summed E-state index contributed by atoms with van der Waals surface area (Å²) in [5, 5.41) is 4.21. The molecule has 9 nitrogen and oxygen atoms in total. The molecule has 1 atom stereocenters. The smallest absolute Gasteiger partial charge is 0.199 e. The molecular weight excluding hydrogens is 441 g/mol. The molecule has 2 aromatic carbocycles. The van der Waals surface area contributed by atoms with Crippen molar-refractivity contribution in [1.82, 2.24) is 19.7 Å². The predicted octanol–water partition coefficient (Wildman–Crippen LogP) is 4.09. The molecule has 1 unspecified atom stereocenters. The van der Waals surface area contributed by atoms with Gasteiger partial charge in [-0.15, -0.1) is 0 Å². The van der Waals surface area contributed by atoms with Crippen molar-refractivity contribution >= 4 is 29.8 Å². The number of hydrogen-bond donors (Lipinski definition) is 1. The summed E-state index contributed by atoms with van der Waals surface area (Å²) >= 11 is 0. The van der Waals surface area contributed by atoms with Crippen LogP contribution in [0.5, 0.6) is 11.5 Å². The number of benzene rings is 2. The highest BCUT2D eigenvalue weighted by atomic mass is 31.2. The average molecular weight is 467 g/mol. The first-order chi connectivity index (χ1) is 15.8. The maximum absolute atomic E-state index is 12.1. The van der Waals surface area contributed by atoms with E-state index in [1.165, 1.54) is 6.66 Å². The predicted molar refractivity (Wildman–Crippen MR) is 129 cm³/mol. The van der Waals surface area contributed by atoms with Gasteiger partial charge in [0.25, 0.3) is 0 Å². The zero-order chi connectivity index (χ0) is 23.6. The van der Waals surface area contributed by atoms with Gasteiger partial charge in [-0.25, -0.2) is 4.98 Å². The number of methoxy groups -OCH3 is 2. The zero-order valence-electron chi connectivity index (χ0n) is 19.0. The third-order valence-electron chi connectivity index (χ3n) is 5.22. The van der Waals surface area contributed by atoms with E-state index in [1.54, 1.807) is 37.4 Å². The molecule has 2 aromatic heterocycles. The van der Waals surface area contributed by atoms with Crippen LogP contribution in [-0.2, 0) is 11.6 Å². The first kappa shape index (κ1) is 22.8. The van der Waals surface area contributed by atoms with Crippen LogP contribution in [0.3, 0.4) is 0 Å². The average Bonchev–Trinajstić information content (AvgIpc) is 3.24. The Hall–Kier alpha value is -3.42. The van der Waals surface area contributed by atoms with Gasteiger partial charge in [0.15, 0.2) is 7.37 Å². The van der Waals surface area contributed by atoms with Crippen LogP contribution in [-0.4, -0.2) is 58.2 Å². The van der Waals surface area contributed by atoms with Crippen molar-refractivity contribution in [3.8, 4) is 22.8 Å². The SMILES string of the molecule is COc1cc(OC)cc(N(CCP(C)(=O)O)c2ccc3ncc(-c4cnn(C)c4)nc3c2)c1. The van der Waals surface area contributed by atoms with Crippen LogP contribution in [0.25, 0.3) is 22.3 Å². The van der Waals surface area contributed by atoms with Crippen molar-refractivity contribution in [1.29, 1.82) is 0 Å². The van der Waals surface area contributed by atoms with Crippen molar-refractivity contribution in [3.63, 3.8) is 0 Å². The lowest BCUT2D eigenvalue weighted by Gasteiger charge is -2.26. The Bertz CT molecular complexity index is 1310. The molecule has 0 bridgehead atoms. The summed E-state index contributed by atoms with van der Waals surface area (Å²) in [5.41, 5.74) is 4.63. The quantitative estimate of drug-likeness (QED) is 0.387. The second-order valence-corrected chi connectivity index (χ2v) is 10.4. The van der Waals surface area contributed by atoms with Crippen molar-refractivity contribution < 1.29 is 18.9 Å². The molecule has 4 rings (SSSR count). The minimum absolute atomic E-state index is 0.117. The molecule has 172 valence electrons.